The van der Waals surface area contributed by atoms with Gasteiger partial charge in [-0.25, -0.2) is 0 Å². The fraction of sp³-hybridized carbons (Fsp3) is 0.185. The lowest BCUT2D eigenvalue weighted by Crippen LogP contribution is -2.32. The zero-order chi connectivity index (χ0) is 24.6. The maximum atomic E-state index is 13.5. The molecule has 3 aromatic carbocycles. The highest BCUT2D eigenvalue weighted by Gasteiger charge is 2.25. The molecule has 4 rings (SSSR count). The second-order valence-corrected chi connectivity index (χ2v) is 9.05. The van der Waals surface area contributed by atoms with Gasteiger partial charge in [0, 0.05) is 16.3 Å². The molecule has 7 heteroatoms. The lowest BCUT2D eigenvalue weighted by molar-refractivity contribution is -0.122. The first-order valence-corrected chi connectivity index (χ1v) is 11.5. The standard InChI is InChI=1S/C27H23Cl2NO4/c1-14-9-10-22(16(3)11-14)30-27(32)17(4)33-26-24(31)19-13-21(29)15(2)12-23(19)34-25(26)18-7-5-6-8-20(18)28/h5-13,17H,1-4H3,(H,30,32). The van der Waals surface area contributed by atoms with Crippen molar-refractivity contribution in [1.82, 2.24) is 0 Å². The van der Waals surface area contributed by atoms with Crippen LogP contribution in [0.25, 0.3) is 22.3 Å². The molecule has 4 aromatic rings. The predicted molar refractivity (Wildman–Crippen MR) is 137 cm³/mol. The van der Waals surface area contributed by atoms with Crippen LogP contribution in [-0.2, 0) is 4.79 Å². The van der Waals surface area contributed by atoms with Crippen LogP contribution in [0.5, 0.6) is 5.75 Å². The van der Waals surface area contributed by atoms with Crippen LogP contribution < -0.4 is 15.5 Å². The molecule has 1 heterocycles. The first kappa shape index (κ1) is 23.9. The van der Waals surface area contributed by atoms with Crippen LogP contribution >= 0.6 is 23.2 Å². The van der Waals surface area contributed by atoms with Crippen LogP contribution in [0.1, 0.15) is 23.6 Å². The van der Waals surface area contributed by atoms with Gasteiger partial charge in [-0.3, -0.25) is 9.59 Å². The Hall–Kier alpha value is -3.28. The molecule has 34 heavy (non-hydrogen) atoms. The van der Waals surface area contributed by atoms with Gasteiger partial charge in [0.1, 0.15) is 5.58 Å². The number of fused-ring (bicyclic) bond motifs is 1. The summed E-state index contributed by atoms with van der Waals surface area (Å²) in [5.41, 5.74) is 3.83. The Morgan fingerprint density at radius 1 is 0.971 bits per heavy atom. The quantitative estimate of drug-likeness (QED) is 0.320. The minimum absolute atomic E-state index is 0.108. The van der Waals surface area contributed by atoms with Gasteiger partial charge in [0.2, 0.25) is 11.2 Å². The van der Waals surface area contributed by atoms with Crippen molar-refractivity contribution in [3.8, 4) is 17.1 Å². The molecule has 0 saturated heterocycles. The van der Waals surface area contributed by atoms with Gasteiger partial charge in [0.25, 0.3) is 5.91 Å². The van der Waals surface area contributed by atoms with Crippen molar-refractivity contribution in [2.24, 2.45) is 0 Å². The molecule has 0 aliphatic heterocycles. The molecule has 174 valence electrons. The summed E-state index contributed by atoms with van der Waals surface area (Å²) in [7, 11) is 0. The predicted octanol–water partition coefficient (Wildman–Crippen LogP) is 7.10. The maximum absolute atomic E-state index is 13.5. The average molecular weight is 496 g/mol. The summed E-state index contributed by atoms with van der Waals surface area (Å²) in [6.07, 6.45) is -0.997. The van der Waals surface area contributed by atoms with Gasteiger partial charge in [-0.1, -0.05) is 53.0 Å². The van der Waals surface area contributed by atoms with Gasteiger partial charge < -0.3 is 14.5 Å². The molecule has 0 aliphatic carbocycles. The molecule has 0 fully saturated rings. The van der Waals surface area contributed by atoms with E-state index in [-0.39, 0.29) is 16.9 Å². The van der Waals surface area contributed by atoms with E-state index in [1.165, 1.54) is 0 Å². The topological polar surface area (TPSA) is 68.5 Å². The van der Waals surface area contributed by atoms with E-state index in [0.29, 0.717) is 26.9 Å². The SMILES string of the molecule is Cc1ccc(NC(=O)C(C)Oc2c(-c3ccccc3Cl)oc3cc(C)c(Cl)cc3c2=O)c(C)c1. The summed E-state index contributed by atoms with van der Waals surface area (Å²) in [4.78, 5) is 26.4. The summed E-state index contributed by atoms with van der Waals surface area (Å²) in [5, 5.41) is 3.92. The summed E-state index contributed by atoms with van der Waals surface area (Å²) in [6, 6.07) is 15.9. The number of carbonyl (C=O) groups is 1. The molecule has 5 nitrogen and oxygen atoms in total. The van der Waals surface area contributed by atoms with Gasteiger partial charge in [0.15, 0.2) is 11.9 Å². The van der Waals surface area contributed by atoms with Crippen molar-refractivity contribution in [2.75, 3.05) is 5.32 Å². The van der Waals surface area contributed by atoms with E-state index in [1.807, 2.05) is 39.0 Å². The van der Waals surface area contributed by atoms with Crippen molar-refractivity contribution in [3.63, 3.8) is 0 Å². The Kier molecular flexibility index (Phi) is 6.69. The van der Waals surface area contributed by atoms with Gasteiger partial charge >= 0.3 is 0 Å². The minimum atomic E-state index is -0.997. The summed E-state index contributed by atoms with van der Waals surface area (Å²) >= 11 is 12.7. The van der Waals surface area contributed by atoms with E-state index < -0.39 is 17.4 Å². The van der Waals surface area contributed by atoms with Crippen LogP contribution in [0.15, 0.2) is 63.8 Å². The molecular formula is C27H23Cl2NO4. The van der Waals surface area contributed by atoms with Crippen molar-refractivity contribution < 1.29 is 13.9 Å². The zero-order valence-electron chi connectivity index (χ0n) is 19.2. The number of carbonyl (C=O) groups excluding carboxylic acids is 1. The third-order valence-corrected chi connectivity index (χ3v) is 6.29. The average Bonchev–Trinajstić information content (AvgIpc) is 2.79. The zero-order valence-corrected chi connectivity index (χ0v) is 20.7. The molecule has 0 radical (unpaired) electrons. The molecule has 1 amide bonds. The summed E-state index contributed by atoms with van der Waals surface area (Å²) < 4.78 is 12.0. The maximum Gasteiger partial charge on any atom is 0.265 e. The Labute approximate surface area is 207 Å². The van der Waals surface area contributed by atoms with E-state index >= 15 is 0 Å². The molecule has 0 bridgehead atoms. The van der Waals surface area contributed by atoms with Crippen LogP contribution in [0, 0.1) is 20.8 Å². The van der Waals surface area contributed by atoms with Gasteiger partial charge in [-0.15, -0.1) is 0 Å². The Morgan fingerprint density at radius 3 is 2.41 bits per heavy atom. The Morgan fingerprint density at radius 2 is 1.71 bits per heavy atom. The number of benzene rings is 3. The smallest absolute Gasteiger partial charge is 0.265 e. The number of hydrogen-bond donors (Lipinski definition) is 1. The molecule has 0 spiro atoms. The van der Waals surface area contributed by atoms with E-state index in [9.17, 15) is 9.59 Å². The summed E-state index contributed by atoms with van der Waals surface area (Å²) in [6.45, 7) is 7.28. The van der Waals surface area contributed by atoms with E-state index in [1.54, 1.807) is 43.3 Å². The van der Waals surface area contributed by atoms with Crippen molar-refractivity contribution in [1.29, 1.82) is 0 Å². The number of halogens is 2. The van der Waals surface area contributed by atoms with E-state index in [4.69, 9.17) is 32.4 Å². The third-order valence-electron chi connectivity index (χ3n) is 5.55. The molecule has 1 N–H and O–H groups in total. The van der Waals surface area contributed by atoms with Crippen molar-refractivity contribution in [2.45, 2.75) is 33.8 Å². The molecular weight excluding hydrogens is 473 g/mol. The number of nitrogens with one attached hydrogen (secondary N) is 1. The number of rotatable bonds is 5. The van der Waals surface area contributed by atoms with Crippen LogP contribution in [0.4, 0.5) is 5.69 Å². The molecule has 0 aliphatic rings. The fourth-order valence-electron chi connectivity index (χ4n) is 3.65. The lowest BCUT2D eigenvalue weighted by atomic mass is 10.1. The van der Waals surface area contributed by atoms with E-state index in [2.05, 4.69) is 5.32 Å². The number of anilines is 1. The van der Waals surface area contributed by atoms with Gasteiger partial charge in [-0.2, -0.15) is 0 Å². The fourth-order valence-corrected chi connectivity index (χ4v) is 4.03. The number of ether oxygens (including phenoxy) is 1. The number of amides is 1. The van der Waals surface area contributed by atoms with Crippen LogP contribution in [-0.4, -0.2) is 12.0 Å². The normalized spacial score (nSPS) is 11.9. The van der Waals surface area contributed by atoms with E-state index in [0.717, 1.165) is 16.7 Å². The summed E-state index contributed by atoms with van der Waals surface area (Å²) in [5.74, 6) is -0.363. The largest absolute Gasteiger partial charge is 0.473 e. The number of hydrogen-bond acceptors (Lipinski definition) is 4. The highest BCUT2D eigenvalue weighted by molar-refractivity contribution is 6.33. The van der Waals surface area contributed by atoms with Crippen LogP contribution in [0.2, 0.25) is 10.0 Å². The van der Waals surface area contributed by atoms with Crippen molar-refractivity contribution >= 4 is 45.8 Å². The number of aryl methyl sites for hydroxylation is 3. The second-order valence-electron chi connectivity index (χ2n) is 8.23. The third kappa shape index (κ3) is 4.67. The van der Waals surface area contributed by atoms with Gasteiger partial charge in [0.05, 0.1) is 10.4 Å². The minimum Gasteiger partial charge on any atom is -0.473 e. The highest BCUT2D eigenvalue weighted by atomic mass is 35.5. The first-order chi connectivity index (χ1) is 16.2. The van der Waals surface area contributed by atoms with Crippen LogP contribution in [0.3, 0.4) is 0 Å². The lowest BCUT2D eigenvalue weighted by Gasteiger charge is -2.18. The molecule has 0 saturated carbocycles. The first-order valence-electron chi connectivity index (χ1n) is 10.7. The monoisotopic (exact) mass is 495 g/mol. The highest BCUT2D eigenvalue weighted by Crippen LogP contribution is 2.36. The Balaban J connectivity index is 1.78. The second kappa shape index (κ2) is 9.53. The Bertz CT molecular complexity index is 1480. The van der Waals surface area contributed by atoms with Crippen molar-refractivity contribution in [3.05, 3.63) is 91.6 Å². The molecule has 1 atom stereocenters. The van der Waals surface area contributed by atoms with Gasteiger partial charge in [-0.05, 0) is 69.2 Å². The molecule has 1 unspecified atom stereocenters. The molecule has 1 aromatic heterocycles.